The van der Waals surface area contributed by atoms with Gasteiger partial charge in [-0.05, 0) is 19.1 Å². The summed E-state index contributed by atoms with van der Waals surface area (Å²) in [4.78, 5) is 20.3. The van der Waals surface area contributed by atoms with Crippen molar-refractivity contribution in [3.8, 4) is 5.82 Å². The Hall–Kier alpha value is -2.08. The largest absolute Gasteiger partial charge is 0.461 e. The van der Waals surface area contributed by atoms with Crippen molar-refractivity contribution in [2.24, 2.45) is 0 Å². The minimum absolute atomic E-state index is 0.0884. The number of nitrogens with zero attached hydrogens (tertiary/aromatic N) is 3. The molecule has 0 unspecified atom stereocenters. The maximum absolute atomic E-state index is 11.8. The smallest absolute Gasteiger partial charge is 0.360 e. The summed E-state index contributed by atoms with van der Waals surface area (Å²) in [7, 11) is 0. The summed E-state index contributed by atoms with van der Waals surface area (Å²) in [6.45, 7) is 3.89. The van der Waals surface area contributed by atoms with Gasteiger partial charge in [0.25, 0.3) is 0 Å². The number of hydrogen-bond donors (Lipinski definition) is 1. The van der Waals surface area contributed by atoms with E-state index in [4.69, 9.17) is 22.1 Å². The molecule has 2 aromatic heterocycles. The molecule has 0 aliphatic carbocycles. The highest BCUT2D eigenvalue weighted by Crippen LogP contribution is 2.25. The van der Waals surface area contributed by atoms with Gasteiger partial charge in [0.05, 0.1) is 11.6 Å². The fourth-order valence-electron chi connectivity index (χ4n) is 1.85. The van der Waals surface area contributed by atoms with Crippen molar-refractivity contribution in [2.75, 3.05) is 12.3 Å². The maximum Gasteiger partial charge on any atom is 0.360 e. The fourth-order valence-corrected chi connectivity index (χ4v) is 2.05. The van der Waals surface area contributed by atoms with Crippen LogP contribution in [0.5, 0.6) is 0 Å². The monoisotopic (exact) mass is 294 g/mol. The Balaban J connectivity index is 2.59. The molecule has 6 nitrogen and oxygen atoms in total. The van der Waals surface area contributed by atoms with Crippen LogP contribution in [0.3, 0.4) is 0 Å². The minimum Gasteiger partial charge on any atom is -0.461 e. The van der Waals surface area contributed by atoms with Crippen molar-refractivity contribution in [3.63, 3.8) is 0 Å². The summed E-state index contributed by atoms with van der Waals surface area (Å²) in [5.41, 5.74) is 6.10. The molecule has 20 heavy (non-hydrogen) atoms. The number of carbonyl (C=O) groups is 1. The zero-order chi connectivity index (χ0) is 14.7. The van der Waals surface area contributed by atoms with Crippen molar-refractivity contribution < 1.29 is 9.53 Å². The average Bonchev–Trinajstić information content (AvgIpc) is 2.77. The summed E-state index contributed by atoms with van der Waals surface area (Å²) >= 11 is 6.13. The highest BCUT2D eigenvalue weighted by atomic mass is 35.5. The Kier molecular flexibility index (Phi) is 4.24. The van der Waals surface area contributed by atoms with Gasteiger partial charge in [0, 0.05) is 12.6 Å². The zero-order valence-corrected chi connectivity index (χ0v) is 12.0. The van der Waals surface area contributed by atoms with Crippen LogP contribution < -0.4 is 5.73 Å². The molecule has 2 heterocycles. The van der Waals surface area contributed by atoms with Gasteiger partial charge in [-0.3, -0.25) is 4.57 Å². The van der Waals surface area contributed by atoms with Crippen LogP contribution in [0.1, 0.15) is 30.2 Å². The van der Waals surface area contributed by atoms with Gasteiger partial charge in [-0.1, -0.05) is 18.5 Å². The average molecular weight is 295 g/mol. The van der Waals surface area contributed by atoms with E-state index in [0.29, 0.717) is 23.1 Å². The van der Waals surface area contributed by atoms with Crippen LogP contribution in [0.15, 0.2) is 18.3 Å². The van der Waals surface area contributed by atoms with Crippen molar-refractivity contribution in [1.82, 2.24) is 14.5 Å². The zero-order valence-electron chi connectivity index (χ0n) is 11.3. The van der Waals surface area contributed by atoms with Gasteiger partial charge in [0.15, 0.2) is 11.5 Å². The first-order valence-corrected chi connectivity index (χ1v) is 6.63. The lowest BCUT2D eigenvalue weighted by molar-refractivity contribution is 0.0521. The predicted molar refractivity (Wildman–Crippen MR) is 76.1 cm³/mol. The first-order chi connectivity index (χ1) is 9.60. The molecular weight excluding hydrogens is 280 g/mol. The van der Waals surface area contributed by atoms with Crippen molar-refractivity contribution >= 4 is 23.4 Å². The van der Waals surface area contributed by atoms with E-state index in [9.17, 15) is 4.79 Å². The van der Waals surface area contributed by atoms with Gasteiger partial charge < -0.3 is 10.5 Å². The maximum atomic E-state index is 11.8. The third-order valence-electron chi connectivity index (χ3n) is 2.72. The Morgan fingerprint density at radius 2 is 2.25 bits per heavy atom. The van der Waals surface area contributed by atoms with E-state index in [2.05, 4.69) is 9.97 Å². The second kappa shape index (κ2) is 5.92. The van der Waals surface area contributed by atoms with Gasteiger partial charge >= 0.3 is 5.97 Å². The van der Waals surface area contributed by atoms with E-state index < -0.39 is 5.97 Å². The molecule has 0 atom stereocenters. The number of halogens is 1. The van der Waals surface area contributed by atoms with Crippen LogP contribution in [-0.4, -0.2) is 27.1 Å². The van der Waals surface area contributed by atoms with E-state index in [1.54, 1.807) is 29.8 Å². The van der Waals surface area contributed by atoms with Gasteiger partial charge in [0.2, 0.25) is 0 Å². The quantitative estimate of drug-likeness (QED) is 0.874. The number of pyridine rings is 1. The van der Waals surface area contributed by atoms with E-state index >= 15 is 0 Å². The van der Waals surface area contributed by atoms with Crippen molar-refractivity contribution in [1.29, 1.82) is 0 Å². The van der Waals surface area contributed by atoms with E-state index in [0.717, 1.165) is 0 Å². The number of aryl methyl sites for hydroxylation is 1. The normalized spacial score (nSPS) is 10.6. The SMILES string of the molecule is CCOC(=O)c1nc(CC)n(-c2ncccc2Cl)c1N. The molecule has 0 amide bonds. The molecule has 0 saturated heterocycles. The first-order valence-electron chi connectivity index (χ1n) is 6.25. The molecule has 106 valence electrons. The molecule has 0 saturated carbocycles. The second-order valence-electron chi connectivity index (χ2n) is 3.98. The Morgan fingerprint density at radius 3 is 2.85 bits per heavy atom. The summed E-state index contributed by atoms with van der Waals surface area (Å²) in [6.07, 6.45) is 2.18. The van der Waals surface area contributed by atoms with E-state index in [1.165, 1.54) is 0 Å². The van der Waals surface area contributed by atoms with Crippen LogP contribution in [0.2, 0.25) is 5.02 Å². The molecule has 0 spiro atoms. The Labute approximate surface area is 121 Å². The molecule has 0 fully saturated rings. The molecular formula is C13H15ClN4O2. The Morgan fingerprint density at radius 1 is 1.50 bits per heavy atom. The second-order valence-corrected chi connectivity index (χ2v) is 4.39. The summed E-state index contributed by atoms with van der Waals surface area (Å²) in [5, 5.41) is 0.432. The topological polar surface area (TPSA) is 83.0 Å². The molecule has 2 rings (SSSR count). The van der Waals surface area contributed by atoms with Crippen LogP contribution >= 0.6 is 11.6 Å². The number of rotatable bonds is 4. The lowest BCUT2D eigenvalue weighted by Crippen LogP contribution is -2.10. The molecule has 0 radical (unpaired) electrons. The number of aromatic nitrogens is 3. The molecule has 0 aliphatic rings. The summed E-state index contributed by atoms with van der Waals surface area (Å²) in [6, 6.07) is 3.42. The number of anilines is 1. The standard InChI is InChI=1S/C13H15ClN4O2/c1-3-9-17-10(13(19)20-4-2)11(15)18(9)12-8(14)6-5-7-16-12/h5-7H,3-4,15H2,1-2H3. The molecule has 2 aromatic rings. The van der Waals surface area contributed by atoms with Crippen LogP contribution in [0.25, 0.3) is 5.82 Å². The minimum atomic E-state index is -0.550. The van der Waals surface area contributed by atoms with E-state index in [-0.39, 0.29) is 18.1 Å². The first kappa shape index (κ1) is 14.3. The third-order valence-corrected chi connectivity index (χ3v) is 3.01. The highest BCUT2D eigenvalue weighted by molar-refractivity contribution is 6.32. The number of esters is 1. The lowest BCUT2D eigenvalue weighted by atomic mass is 10.4. The molecule has 2 N–H and O–H groups in total. The van der Waals surface area contributed by atoms with Crippen molar-refractivity contribution in [3.05, 3.63) is 34.9 Å². The third kappa shape index (κ3) is 2.46. The van der Waals surface area contributed by atoms with E-state index in [1.807, 2.05) is 6.92 Å². The molecule has 0 bridgehead atoms. The number of nitrogens with two attached hydrogens (primary N) is 1. The van der Waals surface area contributed by atoms with Gasteiger partial charge in [0.1, 0.15) is 11.6 Å². The van der Waals surface area contributed by atoms with Crippen LogP contribution in [0.4, 0.5) is 5.82 Å². The fraction of sp³-hybridized carbons (Fsp3) is 0.308. The predicted octanol–water partition coefficient (Wildman–Crippen LogP) is 2.24. The number of ether oxygens (including phenoxy) is 1. The molecule has 0 aliphatic heterocycles. The molecule has 7 heteroatoms. The summed E-state index contributed by atoms with van der Waals surface area (Å²) in [5.74, 6) is 0.684. The number of hydrogen-bond acceptors (Lipinski definition) is 5. The Bertz CT molecular complexity index is 639. The van der Waals surface area contributed by atoms with Gasteiger partial charge in [-0.25, -0.2) is 14.8 Å². The van der Waals surface area contributed by atoms with Crippen LogP contribution in [0, 0.1) is 0 Å². The lowest BCUT2D eigenvalue weighted by Gasteiger charge is -2.09. The number of imidazole rings is 1. The molecule has 0 aromatic carbocycles. The van der Waals surface area contributed by atoms with Gasteiger partial charge in [-0.15, -0.1) is 0 Å². The number of carbonyl (C=O) groups excluding carboxylic acids is 1. The number of nitrogen functional groups attached to an aromatic ring is 1. The van der Waals surface area contributed by atoms with Crippen molar-refractivity contribution in [2.45, 2.75) is 20.3 Å². The van der Waals surface area contributed by atoms with Crippen LogP contribution in [-0.2, 0) is 11.2 Å². The van der Waals surface area contributed by atoms with Gasteiger partial charge in [-0.2, -0.15) is 0 Å². The summed E-state index contributed by atoms with van der Waals surface area (Å²) < 4.78 is 6.52. The highest BCUT2D eigenvalue weighted by Gasteiger charge is 2.23.